The van der Waals surface area contributed by atoms with Crippen LogP contribution in [-0.4, -0.2) is 28.1 Å². The second-order valence-corrected chi connectivity index (χ2v) is 7.82. The molecule has 1 heterocycles. The van der Waals surface area contributed by atoms with Crippen molar-refractivity contribution in [1.82, 2.24) is 14.8 Å². The number of aromatic nitrogens is 3. The fourth-order valence-corrected chi connectivity index (χ4v) is 4.64. The van der Waals surface area contributed by atoms with E-state index in [1.165, 1.54) is 12.4 Å². The summed E-state index contributed by atoms with van der Waals surface area (Å²) < 4.78 is 29.5. The molecule has 0 atom stereocenters. The number of sulfonamides is 1. The third-order valence-electron chi connectivity index (χ3n) is 3.58. The zero-order chi connectivity index (χ0) is 19.8. The van der Waals surface area contributed by atoms with Gasteiger partial charge in [0.2, 0.25) is 0 Å². The van der Waals surface area contributed by atoms with Gasteiger partial charge < -0.3 is 4.57 Å². The topological polar surface area (TPSA) is 120 Å². The summed E-state index contributed by atoms with van der Waals surface area (Å²) in [6.45, 7) is 0. The van der Waals surface area contributed by atoms with E-state index in [4.69, 9.17) is 23.2 Å². The molecule has 12 heteroatoms. The summed E-state index contributed by atoms with van der Waals surface area (Å²) in [7, 11) is -2.54. The highest BCUT2D eigenvalue weighted by Crippen LogP contribution is 2.37. The van der Waals surface area contributed by atoms with Gasteiger partial charge in [-0.15, -0.1) is 10.2 Å². The Bertz CT molecular complexity index is 1150. The van der Waals surface area contributed by atoms with Gasteiger partial charge in [0.05, 0.1) is 9.95 Å². The number of hydrogen-bond donors (Lipinski definition) is 1. The number of nitro groups is 1. The predicted molar refractivity (Wildman–Crippen MR) is 100 cm³/mol. The molecule has 0 aliphatic rings. The van der Waals surface area contributed by atoms with E-state index in [2.05, 4.69) is 14.9 Å². The number of nitrogens with zero attached hydrogens (tertiary/aromatic N) is 4. The SMILES string of the molecule is Cn1cnnc1-c1cccc(NS(=O)(=O)c2c(Cl)ccc([N+](=O)[O-])c2Cl)c1. The van der Waals surface area contributed by atoms with Gasteiger partial charge in [-0.3, -0.25) is 14.8 Å². The number of anilines is 1. The van der Waals surface area contributed by atoms with Crippen molar-refractivity contribution >= 4 is 44.6 Å². The molecule has 1 aromatic heterocycles. The van der Waals surface area contributed by atoms with Crippen LogP contribution in [0.1, 0.15) is 0 Å². The quantitative estimate of drug-likeness (QED) is 0.491. The van der Waals surface area contributed by atoms with Crippen LogP contribution in [0.3, 0.4) is 0 Å². The maximum Gasteiger partial charge on any atom is 0.289 e. The molecular weight excluding hydrogens is 417 g/mol. The minimum Gasteiger partial charge on any atom is -0.317 e. The highest BCUT2D eigenvalue weighted by Gasteiger charge is 2.28. The van der Waals surface area contributed by atoms with Crippen molar-refractivity contribution in [2.24, 2.45) is 7.05 Å². The average Bonchev–Trinajstić information content (AvgIpc) is 3.00. The molecule has 3 rings (SSSR count). The van der Waals surface area contributed by atoms with E-state index in [-0.39, 0.29) is 10.7 Å². The van der Waals surface area contributed by atoms with Crippen LogP contribution in [0.4, 0.5) is 11.4 Å². The molecule has 0 saturated carbocycles. The molecule has 0 fully saturated rings. The highest BCUT2D eigenvalue weighted by molar-refractivity contribution is 7.93. The van der Waals surface area contributed by atoms with Crippen LogP contribution >= 0.6 is 23.2 Å². The van der Waals surface area contributed by atoms with Gasteiger partial charge in [0, 0.05) is 24.4 Å². The fourth-order valence-electron chi connectivity index (χ4n) is 2.38. The van der Waals surface area contributed by atoms with E-state index in [1.54, 1.807) is 29.8 Å². The molecule has 140 valence electrons. The van der Waals surface area contributed by atoms with Crippen LogP contribution in [0.5, 0.6) is 0 Å². The number of rotatable bonds is 5. The fraction of sp³-hybridized carbons (Fsp3) is 0.0667. The third kappa shape index (κ3) is 3.72. The molecule has 1 N–H and O–H groups in total. The van der Waals surface area contributed by atoms with Crippen LogP contribution in [0.25, 0.3) is 11.4 Å². The standard InChI is InChI=1S/C15H11Cl2N5O4S/c1-21-8-18-19-15(21)9-3-2-4-10(7-9)20-27(25,26)14-11(16)5-6-12(13(14)17)22(23)24/h2-8,20H,1H3. The summed E-state index contributed by atoms with van der Waals surface area (Å²) in [4.78, 5) is 9.68. The molecule has 2 aromatic carbocycles. The van der Waals surface area contributed by atoms with Gasteiger partial charge in [0.25, 0.3) is 15.7 Å². The van der Waals surface area contributed by atoms with Crippen molar-refractivity contribution in [2.45, 2.75) is 4.90 Å². The van der Waals surface area contributed by atoms with Gasteiger partial charge in [-0.2, -0.15) is 0 Å². The largest absolute Gasteiger partial charge is 0.317 e. The summed E-state index contributed by atoms with van der Waals surface area (Å²) in [5.41, 5.74) is 0.259. The number of halogens is 2. The van der Waals surface area contributed by atoms with E-state index < -0.39 is 30.6 Å². The summed E-state index contributed by atoms with van der Waals surface area (Å²) in [5, 5.41) is 18.0. The maximum absolute atomic E-state index is 12.7. The molecule has 27 heavy (non-hydrogen) atoms. The van der Waals surface area contributed by atoms with E-state index in [9.17, 15) is 18.5 Å². The zero-order valence-corrected chi connectivity index (χ0v) is 16.0. The van der Waals surface area contributed by atoms with Gasteiger partial charge in [-0.1, -0.05) is 35.3 Å². The first-order valence-electron chi connectivity index (χ1n) is 7.30. The number of hydrogen-bond acceptors (Lipinski definition) is 6. The smallest absolute Gasteiger partial charge is 0.289 e. The maximum atomic E-state index is 12.7. The summed E-state index contributed by atoms with van der Waals surface area (Å²) in [5.74, 6) is 0.530. The lowest BCUT2D eigenvalue weighted by Gasteiger charge is -2.12. The minimum atomic E-state index is -4.29. The van der Waals surface area contributed by atoms with E-state index in [0.717, 1.165) is 12.1 Å². The molecule has 0 amide bonds. The Hall–Kier alpha value is -2.69. The minimum absolute atomic E-state index is 0.203. The summed E-state index contributed by atoms with van der Waals surface area (Å²) in [6.07, 6.45) is 1.51. The van der Waals surface area contributed by atoms with E-state index in [0.29, 0.717) is 11.4 Å². The summed E-state index contributed by atoms with van der Waals surface area (Å²) >= 11 is 11.9. The van der Waals surface area contributed by atoms with Crippen LogP contribution < -0.4 is 4.72 Å². The Balaban J connectivity index is 2.03. The molecule has 9 nitrogen and oxygen atoms in total. The lowest BCUT2D eigenvalue weighted by molar-refractivity contribution is -0.384. The molecule has 0 bridgehead atoms. The van der Waals surface area contributed by atoms with Crippen molar-refractivity contribution in [3.63, 3.8) is 0 Å². The van der Waals surface area contributed by atoms with Crippen LogP contribution in [-0.2, 0) is 17.1 Å². The normalized spacial score (nSPS) is 11.4. The second-order valence-electron chi connectivity index (χ2n) is 5.42. The molecule has 0 spiro atoms. The molecular formula is C15H11Cl2N5O4S. The van der Waals surface area contributed by atoms with Gasteiger partial charge >= 0.3 is 0 Å². The Morgan fingerprint density at radius 3 is 2.59 bits per heavy atom. The lowest BCUT2D eigenvalue weighted by Crippen LogP contribution is -2.14. The predicted octanol–water partition coefficient (Wildman–Crippen LogP) is 3.50. The van der Waals surface area contributed by atoms with Crippen LogP contribution in [0, 0.1) is 10.1 Å². The Kier molecular flexibility index (Phi) is 5.05. The lowest BCUT2D eigenvalue weighted by atomic mass is 10.2. The van der Waals surface area contributed by atoms with Crippen molar-refractivity contribution in [3.8, 4) is 11.4 Å². The molecule has 0 unspecified atom stereocenters. The van der Waals surface area contributed by atoms with Gasteiger partial charge in [0.15, 0.2) is 5.82 Å². The Labute approximate surface area is 163 Å². The van der Waals surface area contributed by atoms with Crippen LogP contribution in [0.15, 0.2) is 47.6 Å². The molecule has 0 aliphatic carbocycles. The summed E-state index contributed by atoms with van der Waals surface area (Å²) in [6, 6.07) is 8.56. The van der Waals surface area contributed by atoms with Crippen molar-refractivity contribution in [3.05, 3.63) is 62.9 Å². The monoisotopic (exact) mass is 427 g/mol. The van der Waals surface area contributed by atoms with Gasteiger partial charge in [-0.25, -0.2) is 8.42 Å². The van der Waals surface area contributed by atoms with E-state index >= 15 is 0 Å². The first kappa shape index (κ1) is 19.1. The van der Waals surface area contributed by atoms with Crippen LogP contribution in [0.2, 0.25) is 10.0 Å². The number of aryl methyl sites for hydroxylation is 1. The van der Waals surface area contributed by atoms with Gasteiger partial charge in [0.1, 0.15) is 16.2 Å². The zero-order valence-electron chi connectivity index (χ0n) is 13.6. The third-order valence-corrected chi connectivity index (χ3v) is 5.97. The molecule has 0 saturated heterocycles. The molecule has 0 aliphatic heterocycles. The average molecular weight is 428 g/mol. The number of benzene rings is 2. The van der Waals surface area contributed by atoms with Crippen molar-refractivity contribution in [2.75, 3.05) is 4.72 Å². The second kappa shape index (κ2) is 7.14. The van der Waals surface area contributed by atoms with Gasteiger partial charge in [-0.05, 0) is 18.2 Å². The first-order chi connectivity index (χ1) is 12.7. The van der Waals surface area contributed by atoms with Crippen molar-refractivity contribution < 1.29 is 13.3 Å². The Morgan fingerprint density at radius 1 is 1.22 bits per heavy atom. The Morgan fingerprint density at radius 2 is 1.96 bits per heavy atom. The number of nitro benzene ring substituents is 1. The van der Waals surface area contributed by atoms with Crippen molar-refractivity contribution in [1.29, 1.82) is 0 Å². The molecule has 0 radical (unpaired) electrons. The number of nitrogens with one attached hydrogen (secondary N) is 1. The molecule has 3 aromatic rings. The van der Waals surface area contributed by atoms with E-state index in [1.807, 2.05) is 0 Å². The highest BCUT2D eigenvalue weighted by atomic mass is 35.5. The first-order valence-corrected chi connectivity index (χ1v) is 9.54.